The van der Waals surface area contributed by atoms with E-state index in [1.54, 1.807) is 20.1 Å². The van der Waals surface area contributed by atoms with E-state index < -0.39 is 5.97 Å². The van der Waals surface area contributed by atoms with Gasteiger partial charge in [0.15, 0.2) is 0 Å². The van der Waals surface area contributed by atoms with Crippen molar-refractivity contribution in [1.82, 2.24) is 4.90 Å². The van der Waals surface area contributed by atoms with E-state index >= 15 is 0 Å². The Bertz CT molecular complexity index is 633. The average Bonchev–Trinajstić information content (AvgIpc) is 2.80. The number of nitrogens with zero attached hydrogens (tertiary/aromatic N) is 1. The van der Waals surface area contributed by atoms with Crippen LogP contribution in [0.15, 0.2) is 34.7 Å². The normalized spacial score (nSPS) is 10.9. The van der Waals surface area contributed by atoms with Gasteiger partial charge in [0.25, 0.3) is 0 Å². The molecule has 0 atom stereocenters. The summed E-state index contributed by atoms with van der Waals surface area (Å²) < 4.78 is 10.4. The van der Waals surface area contributed by atoms with Gasteiger partial charge in [-0.05, 0) is 37.7 Å². The fraction of sp³-hybridized carbons (Fsp3) is 0.312. The predicted molar refractivity (Wildman–Crippen MR) is 78.6 cm³/mol. The maximum atomic E-state index is 10.9. The lowest BCUT2D eigenvalue weighted by molar-refractivity contribution is 0.0661. The summed E-state index contributed by atoms with van der Waals surface area (Å²) in [6.07, 6.45) is 0. The monoisotopic (exact) mass is 289 g/mol. The standard InChI is InChI=1S/C16H19NO4/c1-11-13(8-15(21-11)16(18)19)10-17(2)9-12-5-4-6-14(7-12)20-3/h4-8H,9-10H2,1-3H3,(H,18,19). The quantitative estimate of drug-likeness (QED) is 0.886. The molecule has 21 heavy (non-hydrogen) atoms. The first-order valence-corrected chi connectivity index (χ1v) is 6.63. The molecule has 112 valence electrons. The van der Waals surface area contributed by atoms with Gasteiger partial charge in [0.2, 0.25) is 5.76 Å². The average molecular weight is 289 g/mol. The highest BCUT2D eigenvalue weighted by Gasteiger charge is 2.14. The highest BCUT2D eigenvalue weighted by atomic mass is 16.5. The van der Waals surface area contributed by atoms with Crippen LogP contribution in [0.1, 0.15) is 27.4 Å². The number of furan rings is 1. The Kier molecular flexibility index (Phi) is 4.65. The molecule has 0 amide bonds. The molecule has 1 aromatic carbocycles. The Labute approximate surface area is 123 Å². The van der Waals surface area contributed by atoms with E-state index in [1.165, 1.54) is 0 Å². The van der Waals surface area contributed by atoms with Crippen molar-refractivity contribution < 1.29 is 19.1 Å². The first kappa shape index (κ1) is 15.1. The van der Waals surface area contributed by atoms with Crippen LogP contribution in [0.25, 0.3) is 0 Å². The van der Waals surface area contributed by atoms with E-state index in [-0.39, 0.29) is 5.76 Å². The Morgan fingerprint density at radius 1 is 1.33 bits per heavy atom. The third-order valence-electron chi connectivity index (χ3n) is 3.26. The zero-order valence-electron chi connectivity index (χ0n) is 12.4. The molecule has 5 heteroatoms. The lowest BCUT2D eigenvalue weighted by Crippen LogP contribution is -2.17. The number of hydrogen-bond donors (Lipinski definition) is 1. The number of carboxylic acids is 1. The number of rotatable bonds is 6. The molecule has 1 N–H and O–H groups in total. The second-order valence-corrected chi connectivity index (χ2v) is 5.02. The molecule has 0 fully saturated rings. The molecule has 0 saturated carbocycles. The van der Waals surface area contributed by atoms with Gasteiger partial charge in [0.1, 0.15) is 11.5 Å². The first-order valence-electron chi connectivity index (χ1n) is 6.63. The summed E-state index contributed by atoms with van der Waals surface area (Å²) in [4.78, 5) is 13.0. The van der Waals surface area contributed by atoms with Gasteiger partial charge in [-0.3, -0.25) is 4.90 Å². The number of aryl methyl sites for hydroxylation is 1. The molecule has 0 bridgehead atoms. The molecule has 2 rings (SSSR count). The van der Waals surface area contributed by atoms with Gasteiger partial charge in [-0.2, -0.15) is 0 Å². The minimum Gasteiger partial charge on any atom is -0.497 e. The van der Waals surface area contributed by atoms with Crippen molar-refractivity contribution >= 4 is 5.97 Å². The van der Waals surface area contributed by atoms with Crippen LogP contribution >= 0.6 is 0 Å². The number of benzene rings is 1. The second kappa shape index (κ2) is 6.45. The second-order valence-electron chi connectivity index (χ2n) is 5.02. The van der Waals surface area contributed by atoms with Crippen molar-refractivity contribution in [3.05, 3.63) is 53.0 Å². The molecule has 1 aromatic heterocycles. The van der Waals surface area contributed by atoms with E-state index in [0.29, 0.717) is 12.3 Å². The highest BCUT2D eigenvalue weighted by Crippen LogP contribution is 2.18. The van der Waals surface area contributed by atoms with Crippen molar-refractivity contribution in [2.45, 2.75) is 20.0 Å². The smallest absolute Gasteiger partial charge is 0.371 e. The van der Waals surface area contributed by atoms with Crippen LogP contribution in [0.5, 0.6) is 5.75 Å². The third kappa shape index (κ3) is 3.86. The molecule has 2 aromatic rings. The molecule has 0 saturated heterocycles. The zero-order chi connectivity index (χ0) is 15.4. The van der Waals surface area contributed by atoms with Crippen LogP contribution in [0.4, 0.5) is 0 Å². The van der Waals surface area contributed by atoms with E-state index in [4.69, 9.17) is 14.3 Å². The van der Waals surface area contributed by atoms with E-state index in [2.05, 4.69) is 4.90 Å². The Morgan fingerprint density at radius 3 is 2.71 bits per heavy atom. The maximum Gasteiger partial charge on any atom is 0.371 e. The van der Waals surface area contributed by atoms with Crippen LogP contribution in [0.3, 0.4) is 0 Å². The lowest BCUT2D eigenvalue weighted by atomic mass is 10.2. The molecule has 0 radical (unpaired) electrons. The summed E-state index contributed by atoms with van der Waals surface area (Å²) in [6, 6.07) is 9.46. The number of aromatic carboxylic acids is 1. The van der Waals surface area contributed by atoms with Crippen LogP contribution in [-0.4, -0.2) is 30.1 Å². The summed E-state index contributed by atoms with van der Waals surface area (Å²) in [5.41, 5.74) is 2.02. The number of methoxy groups -OCH3 is 1. The molecule has 0 spiro atoms. The van der Waals surface area contributed by atoms with Crippen LogP contribution in [-0.2, 0) is 13.1 Å². The lowest BCUT2D eigenvalue weighted by Gasteiger charge is -2.16. The number of carboxylic acid groups (broad SMARTS) is 1. The molecular weight excluding hydrogens is 270 g/mol. The van der Waals surface area contributed by atoms with E-state index in [0.717, 1.165) is 23.4 Å². The third-order valence-corrected chi connectivity index (χ3v) is 3.26. The fourth-order valence-corrected chi connectivity index (χ4v) is 2.21. The number of hydrogen-bond acceptors (Lipinski definition) is 4. The Hall–Kier alpha value is -2.27. The molecule has 0 aliphatic carbocycles. The molecule has 0 aliphatic rings. The number of carbonyl (C=O) groups is 1. The first-order chi connectivity index (χ1) is 9.99. The Balaban J connectivity index is 2.04. The van der Waals surface area contributed by atoms with Crippen molar-refractivity contribution in [3.8, 4) is 5.75 Å². The molecule has 0 aliphatic heterocycles. The van der Waals surface area contributed by atoms with Gasteiger partial charge < -0.3 is 14.3 Å². The van der Waals surface area contributed by atoms with Crippen molar-refractivity contribution in [1.29, 1.82) is 0 Å². The topological polar surface area (TPSA) is 62.9 Å². The summed E-state index contributed by atoms with van der Waals surface area (Å²) in [7, 11) is 3.62. The van der Waals surface area contributed by atoms with Gasteiger partial charge in [0, 0.05) is 18.7 Å². The van der Waals surface area contributed by atoms with Crippen LogP contribution < -0.4 is 4.74 Å². The molecule has 0 unspecified atom stereocenters. The van der Waals surface area contributed by atoms with Gasteiger partial charge in [-0.25, -0.2) is 4.79 Å². The van der Waals surface area contributed by atoms with Gasteiger partial charge in [-0.1, -0.05) is 12.1 Å². The summed E-state index contributed by atoms with van der Waals surface area (Å²) >= 11 is 0. The van der Waals surface area contributed by atoms with Crippen molar-refractivity contribution in [2.24, 2.45) is 0 Å². The minimum absolute atomic E-state index is 0.0164. The van der Waals surface area contributed by atoms with Crippen LogP contribution in [0.2, 0.25) is 0 Å². The van der Waals surface area contributed by atoms with E-state index in [1.807, 2.05) is 31.3 Å². The Morgan fingerprint density at radius 2 is 2.10 bits per heavy atom. The van der Waals surface area contributed by atoms with Crippen molar-refractivity contribution in [2.75, 3.05) is 14.2 Å². The largest absolute Gasteiger partial charge is 0.497 e. The van der Waals surface area contributed by atoms with Gasteiger partial charge in [0.05, 0.1) is 7.11 Å². The SMILES string of the molecule is COc1cccc(CN(C)Cc2cc(C(=O)O)oc2C)c1. The van der Waals surface area contributed by atoms with Crippen LogP contribution in [0, 0.1) is 6.92 Å². The van der Waals surface area contributed by atoms with Gasteiger partial charge in [-0.15, -0.1) is 0 Å². The summed E-state index contributed by atoms with van der Waals surface area (Å²) in [5, 5.41) is 8.93. The summed E-state index contributed by atoms with van der Waals surface area (Å²) in [6.45, 7) is 3.14. The minimum atomic E-state index is -1.04. The highest BCUT2D eigenvalue weighted by molar-refractivity contribution is 5.84. The molecule has 1 heterocycles. The van der Waals surface area contributed by atoms with Crippen molar-refractivity contribution in [3.63, 3.8) is 0 Å². The fourth-order valence-electron chi connectivity index (χ4n) is 2.21. The predicted octanol–water partition coefficient (Wildman–Crippen LogP) is 2.93. The zero-order valence-corrected chi connectivity index (χ0v) is 12.4. The molecule has 5 nitrogen and oxygen atoms in total. The van der Waals surface area contributed by atoms with Gasteiger partial charge >= 0.3 is 5.97 Å². The number of ether oxygens (including phenoxy) is 1. The van der Waals surface area contributed by atoms with E-state index in [9.17, 15) is 4.79 Å². The molecular formula is C16H19NO4. The maximum absolute atomic E-state index is 10.9. The summed E-state index contributed by atoms with van der Waals surface area (Å²) in [5.74, 6) is 0.413.